The molecule has 2 aromatic carbocycles. The molecule has 4 rings (SSSR count). The van der Waals surface area contributed by atoms with Crippen LogP contribution in [0.15, 0.2) is 60.1 Å². The minimum atomic E-state index is -0.396. The summed E-state index contributed by atoms with van der Waals surface area (Å²) < 4.78 is 19.0. The molecule has 29 heavy (non-hydrogen) atoms. The largest absolute Gasteiger partial charge is 0.494 e. The van der Waals surface area contributed by atoms with Crippen molar-refractivity contribution in [3.8, 4) is 17.0 Å². The Balaban J connectivity index is 1.36. The van der Waals surface area contributed by atoms with Gasteiger partial charge in [-0.25, -0.2) is 9.37 Å². The lowest BCUT2D eigenvalue weighted by molar-refractivity contribution is 0.386. The molecule has 0 saturated carbocycles. The third-order valence-corrected chi connectivity index (χ3v) is 5.48. The number of halogens is 1. The summed E-state index contributed by atoms with van der Waals surface area (Å²) >= 11 is 1.67. The summed E-state index contributed by atoms with van der Waals surface area (Å²) in [5, 5.41) is 13.7. The Labute approximate surface area is 172 Å². The Bertz CT molecular complexity index is 1080. The molecule has 0 saturated heterocycles. The van der Waals surface area contributed by atoms with E-state index in [1.165, 1.54) is 18.7 Å². The van der Waals surface area contributed by atoms with E-state index in [1.54, 1.807) is 23.6 Å². The number of hydrogen-bond acceptors (Lipinski definition) is 5. The number of hydrogen-bond donors (Lipinski definition) is 2. The summed E-state index contributed by atoms with van der Waals surface area (Å²) in [5.74, 6) is -0.172. The zero-order valence-electron chi connectivity index (χ0n) is 16.0. The second-order valence-electron chi connectivity index (χ2n) is 6.62. The molecule has 0 aliphatic heterocycles. The van der Waals surface area contributed by atoms with Crippen LogP contribution in [0.2, 0.25) is 0 Å². The van der Waals surface area contributed by atoms with Gasteiger partial charge < -0.3 is 10.1 Å². The van der Waals surface area contributed by atoms with Crippen molar-refractivity contribution in [2.24, 2.45) is 0 Å². The molecule has 0 amide bonds. The lowest BCUT2D eigenvalue weighted by atomic mass is 10.1. The quantitative estimate of drug-likeness (QED) is 0.449. The highest BCUT2D eigenvalue weighted by Gasteiger charge is 2.11. The molecule has 0 bridgehead atoms. The van der Waals surface area contributed by atoms with Gasteiger partial charge in [0.15, 0.2) is 11.6 Å². The van der Waals surface area contributed by atoms with Crippen LogP contribution in [0.4, 0.5) is 4.39 Å². The molecular formula is C22H21FN4OS. The topological polar surface area (TPSA) is 62.8 Å². The minimum absolute atomic E-state index is 0.225. The van der Waals surface area contributed by atoms with Crippen molar-refractivity contribution in [2.75, 3.05) is 7.11 Å². The Kier molecular flexibility index (Phi) is 5.97. The van der Waals surface area contributed by atoms with Crippen molar-refractivity contribution >= 4 is 11.3 Å². The third-order valence-electron chi connectivity index (χ3n) is 4.58. The van der Waals surface area contributed by atoms with E-state index >= 15 is 0 Å². The first-order valence-corrected chi connectivity index (χ1v) is 10.1. The van der Waals surface area contributed by atoms with E-state index < -0.39 is 5.82 Å². The van der Waals surface area contributed by atoms with Gasteiger partial charge in [0.05, 0.1) is 29.7 Å². The molecule has 0 spiro atoms. The molecule has 2 N–H and O–H groups in total. The zero-order valence-corrected chi connectivity index (χ0v) is 16.8. The molecular weight excluding hydrogens is 387 g/mol. The van der Waals surface area contributed by atoms with Gasteiger partial charge in [-0.3, -0.25) is 5.10 Å². The number of benzene rings is 2. The number of thiazole rings is 1. The van der Waals surface area contributed by atoms with E-state index in [4.69, 9.17) is 9.72 Å². The van der Waals surface area contributed by atoms with E-state index in [-0.39, 0.29) is 5.75 Å². The fraction of sp³-hybridized carbons (Fsp3) is 0.182. The van der Waals surface area contributed by atoms with E-state index in [9.17, 15) is 4.39 Å². The summed E-state index contributed by atoms with van der Waals surface area (Å²) in [4.78, 5) is 4.70. The molecule has 148 valence electrons. The van der Waals surface area contributed by atoms with Gasteiger partial charge in [0.2, 0.25) is 0 Å². The highest BCUT2D eigenvalue weighted by molar-refractivity contribution is 7.09. The molecule has 0 fully saturated rings. The molecule has 4 aromatic rings. The summed E-state index contributed by atoms with van der Waals surface area (Å²) in [7, 11) is 1.45. The molecule has 0 aliphatic carbocycles. The van der Waals surface area contributed by atoms with Crippen LogP contribution in [0.5, 0.6) is 5.75 Å². The van der Waals surface area contributed by atoms with Crippen LogP contribution in [-0.4, -0.2) is 22.3 Å². The van der Waals surface area contributed by atoms with Gasteiger partial charge >= 0.3 is 0 Å². The number of aromatic nitrogens is 3. The number of nitrogens with zero attached hydrogens (tertiary/aromatic N) is 2. The van der Waals surface area contributed by atoms with Gasteiger partial charge in [0, 0.05) is 36.0 Å². The predicted octanol–water partition coefficient (Wildman–Crippen LogP) is 4.56. The maximum absolute atomic E-state index is 14.0. The van der Waals surface area contributed by atoms with Gasteiger partial charge in [-0.15, -0.1) is 11.3 Å². The second-order valence-corrected chi connectivity index (χ2v) is 7.56. The van der Waals surface area contributed by atoms with Crippen molar-refractivity contribution in [3.05, 3.63) is 87.8 Å². The maximum atomic E-state index is 14.0. The molecule has 0 aliphatic rings. The van der Waals surface area contributed by atoms with Gasteiger partial charge in [-0.2, -0.15) is 5.10 Å². The third kappa shape index (κ3) is 4.70. The van der Waals surface area contributed by atoms with Gasteiger partial charge in [-0.05, 0) is 23.8 Å². The normalized spacial score (nSPS) is 11.0. The first kappa shape index (κ1) is 19.3. The summed E-state index contributed by atoms with van der Waals surface area (Å²) in [6.45, 7) is 1.26. The Morgan fingerprint density at radius 1 is 1.14 bits per heavy atom. The standard InChI is InChI=1S/C22H21FN4OS/c1-28-20-8-7-16(10-19(20)23)22-17(12-25-27-22)11-24-13-18-14-29-21(26-18)9-15-5-3-2-4-6-15/h2-8,10,12,14,24H,9,11,13H2,1H3,(H,25,27). The van der Waals surface area contributed by atoms with Crippen LogP contribution in [0.1, 0.15) is 21.8 Å². The summed E-state index contributed by atoms with van der Waals surface area (Å²) in [6.07, 6.45) is 2.60. The fourth-order valence-electron chi connectivity index (χ4n) is 3.12. The van der Waals surface area contributed by atoms with Crippen LogP contribution in [0.3, 0.4) is 0 Å². The monoisotopic (exact) mass is 408 g/mol. The van der Waals surface area contributed by atoms with Crippen LogP contribution in [0.25, 0.3) is 11.3 Å². The van der Waals surface area contributed by atoms with E-state index in [0.717, 1.165) is 33.9 Å². The van der Waals surface area contributed by atoms with Crippen molar-refractivity contribution in [1.82, 2.24) is 20.5 Å². The van der Waals surface area contributed by atoms with Crippen LogP contribution < -0.4 is 10.1 Å². The first-order valence-electron chi connectivity index (χ1n) is 9.27. The van der Waals surface area contributed by atoms with Gasteiger partial charge in [0.1, 0.15) is 0 Å². The molecule has 0 radical (unpaired) electrons. The average molecular weight is 409 g/mol. The van der Waals surface area contributed by atoms with Crippen molar-refractivity contribution < 1.29 is 9.13 Å². The van der Waals surface area contributed by atoms with Crippen molar-refractivity contribution in [1.29, 1.82) is 0 Å². The van der Waals surface area contributed by atoms with Crippen molar-refractivity contribution in [2.45, 2.75) is 19.5 Å². The van der Waals surface area contributed by atoms with E-state index in [1.807, 2.05) is 24.3 Å². The zero-order chi connectivity index (χ0) is 20.1. The number of H-pyrrole nitrogens is 1. The van der Waals surface area contributed by atoms with Gasteiger partial charge in [0.25, 0.3) is 0 Å². The lowest BCUT2D eigenvalue weighted by Gasteiger charge is -2.07. The van der Waals surface area contributed by atoms with Crippen LogP contribution >= 0.6 is 11.3 Å². The number of methoxy groups -OCH3 is 1. The molecule has 0 unspecified atom stereocenters. The van der Waals surface area contributed by atoms with E-state index in [0.29, 0.717) is 13.1 Å². The smallest absolute Gasteiger partial charge is 0.165 e. The number of aromatic amines is 1. The fourth-order valence-corrected chi connectivity index (χ4v) is 3.95. The van der Waals surface area contributed by atoms with Crippen LogP contribution in [-0.2, 0) is 19.5 Å². The Hall–Kier alpha value is -3.03. The maximum Gasteiger partial charge on any atom is 0.165 e. The summed E-state index contributed by atoms with van der Waals surface area (Å²) in [5.41, 5.74) is 4.77. The molecule has 2 heterocycles. The minimum Gasteiger partial charge on any atom is -0.494 e. The lowest BCUT2D eigenvalue weighted by Crippen LogP contribution is -2.13. The van der Waals surface area contributed by atoms with Gasteiger partial charge in [-0.1, -0.05) is 30.3 Å². The van der Waals surface area contributed by atoms with Crippen molar-refractivity contribution in [3.63, 3.8) is 0 Å². The molecule has 0 atom stereocenters. The number of nitrogens with one attached hydrogen (secondary N) is 2. The first-order chi connectivity index (χ1) is 14.2. The highest BCUT2D eigenvalue weighted by atomic mass is 32.1. The SMILES string of the molecule is COc1ccc(-c2[nH]ncc2CNCc2csc(Cc3ccccc3)n2)cc1F. The molecule has 2 aromatic heterocycles. The predicted molar refractivity (Wildman–Crippen MR) is 112 cm³/mol. The number of rotatable bonds is 8. The Morgan fingerprint density at radius 2 is 2.00 bits per heavy atom. The number of ether oxygens (including phenoxy) is 1. The second kappa shape index (κ2) is 8.98. The summed E-state index contributed by atoms with van der Waals surface area (Å²) in [6, 6.07) is 15.2. The van der Waals surface area contributed by atoms with Crippen LogP contribution in [0, 0.1) is 5.82 Å². The highest BCUT2D eigenvalue weighted by Crippen LogP contribution is 2.26. The van der Waals surface area contributed by atoms with E-state index in [2.05, 4.69) is 33.0 Å². The Morgan fingerprint density at radius 3 is 2.79 bits per heavy atom. The average Bonchev–Trinajstić information content (AvgIpc) is 3.38. The molecule has 7 heteroatoms. The molecule has 5 nitrogen and oxygen atoms in total.